The Morgan fingerprint density at radius 3 is 1.27 bits per heavy atom. The molecule has 13 rings (SSSR count). The number of benzene rings is 3. The van der Waals surface area contributed by atoms with E-state index in [4.69, 9.17) is 11.6 Å². The van der Waals surface area contributed by atoms with E-state index in [0.29, 0.717) is 57.3 Å². The van der Waals surface area contributed by atoms with Gasteiger partial charge in [0.15, 0.2) is 11.6 Å². The van der Waals surface area contributed by atoms with Crippen molar-refractivity contribution < 1.29 is 67.4 Å². The highest BCUT2D eigenvalue weighted by Gasteiger charge is 2.36. The zero-order chi connectivity index (χ0) is 84.9. The molecule has 0 saturated carbocycles. The van der Waals surface area contributed by atoms with E-state index in [1.54, 1.807) is 109 Å². The molecule has 1 aliphatic rings. The molecule has 10 heterocycles. The lowest BCUT2D eigenvalue weighted by Gasteiger charge is -2.17. The molecule has 0 fully saturated rings. The Hall–Kier alpha value is -15.2. The van der Waals surface area contributed by atoms with Crippen molar-refractivity contribution in [1.82, 2.24) is 67.4 Å². The summed E-state index contributed by atoms with van der Waals surface area (Å²) in [7, 11) is 12.8. The molecule has 14 N–H and O–H groups in total. The molecule has 614 valence electrons. The number of phenols is 1. The van der Waals surface area contributed by atoms with Crippen molar-refractivity contribution in [2.24, 2.45) is 56.4 Å². The van der Waals surface area contributed by atoms with Crippen LogP contribution in [-0.4, -0.2) is 165 Å². The summed E-state index contributed by atoms with van der Waals surface area (Å²) in [5.41, 5.74) is 5.78. The average molecular weight is 1640 g/mol. The number of hydrogen-bond donors (Lipinski definition) is 14. The first-order valence-electron chi connectivity index (χ1n) is 37.2. The topological polar surface area (TPSA) is 471 Å². The fraction of sp³-hybridized carbons (Fsp3) is 0.237. The van der Waals surface area contributed by atoms with E-state index in [2.05, 4.69) is 78.8 Å². The summed E-state index contributed by atoms with van der Waals surface area (Å²) in [6.45, 7) is 1.61. The van der Waals surface area contributed by atoms with Crippen molar-refractivity contribution in [3.05, 3.63) is 198 Å². The van der Waals surface area contributed by atoms with Crippen molar-refractivity contribution in [3.63, 3.8) is 0 Å². The molecule has 1 atom stereocenters. The van der Waals surface area contributed by atoms with Gasteiger partial charge in [0.2, 0.25) is 35.3 Å². The number of imidazole rings is 2. The monoisotopic (exact) mass is 1640 g/mol. The number of carbonyl (C=O) groups is 13. The summed E-state index contributed by atoms with van der Waals surface area (Å²) < 4.78 is 11.9. The third-order valence-electron chi connectivity index (χ3n) is 19.6. The summed E-state index contributed by atoms with van der Waals surface area (Å²) in [5, 5.41) is 45.7. The molecule has 38 nitrogen and oxygen atoms in total. The van der Waals surface area contributed by atoms with Crippen LogP contribution >= 0.6 is 11.6 Å². The largest absolute Gasteiger partial charge is 0.507 e. The number of rotatable bonds is 29. The van der Waals surface area contributed by atoms with Gasteiger partial charge in [-0.25, -0.2) is 9.97 Å². The number of fused-ring (bicyclic) bond motifs is 4. The van der Waals surface area contributed by atoms with Crippen molar-refractivity contribution in [3.8, 4) is 5.75 Å². The van der Waals surface area contributed by atoms with E-state index < -0.39 is 65.0 Å². The molecule has 13 amide bonds. The molecular weight excluding hydrogens is 1560 g/mol. The number of carbonyl (C=O) groups excluding carboxylic acids is 13. The van der Waals surface area contributed by atoms with Crippen LogP contribution < -0.4 is 68.7 Å². The zero-order valence-corrected chi connectivity index (χ0v) is 66.5. The highest BCUT2D eigenvalue weighted by molar-refractivity contribution is 6.20. The molecule has 9 aromatic heterocycles. The Labute approximate surface area is 682 Å². The molecule has 1 aliphatic heterocycles. The van der Waals surface area contributed by atoms with Crippen LogP contribution in [0, 0.1) is 0 Å². The van der Waals surface area contributed by atoms with E-state index in [1.165, 1.54) is 112 Å². The lowest BCUT2D eigenvalue weighted by atomic mass is 9.95. The Morgan fingerprint density at radius 2 is 0.815 bits per heavy atom. The van der Waals surface area contributed by atoms with Gasteiger partial charge < -0.3 is 115 Å². The summed E-state index contributed by atoms with van der Waals surface area (Å²) in [6.07, 6.45) is 12.1. The van der Waals surface area contributed by atoms with Gasteiger partial charge in [-0.3, -0.25) is 62.3 Å². The Kier molecular flexibility index (Phi) is 23.7. The number of alkyl halides is 1. The normalized spacial score (nSPS) is 12.2. The van der Waals surface area contributed by atoms with Crippen molar-refractivity contribution in [2.75, 3.05) is 84.8 Å². The predicted molar refractivity (Wildman–Crippen MR) is 443 cm³/mol. The molecule has 119 heavy (non-hydrogen) atoms. The third-order valence-corrected chi connectivity index (χ3v) is 20.0. The molecular formula is C80H83ClN24O14. The predicted octanol–water partition coefficient (Wildman–Crippen LogP) is 7.39. The molecule has 0 spiro atoms. The molecule has 3 aromatic carbocycles. The first-order chi connectivity index (χ1) is 56.8. The summed E-state index contributed by atoms with van der Waals surface area (Å²) in [4.78, 5) is 185. The smallest absolute Gasteiger partial charge is 0.291 e. The number of aromatic nitrogens is 11. The van der Waals surface area contributed by atoms with Crippen molar-refractivity contribution in [1.29, 1.82) is 0 Å². The van der Waals surface area contributed by atoms with Crippen LogP contribution in [0.4, 0.5) is 57.1 Å². The minimum Gasteiger partial charge on any atom is -0.507 e. The zero-order valence-electron chi connectivity index (χ0n) is 65.8. The Morgan fingerprint density at radius 1 is 0.420 bits per heavy atom. The van der Waals surface area contributed by atoms with Gasteiger partial charge in [-0.2, -0.15) is 0 Å². The van der Waals surface area contributed by atoms with Crippen LogP contribution in [0.1, 0.15) is 139 Å². The number of hydrogen-bond acceptors (Lipinski definition) is 16. The van der Waals surface area contributed by atoms with Gasteiger partial charge in [0.25, 0.3) is 53.2 Å². The number of anilines is 10. The number of H-pyrrole nitrogens is 1. The van der Waals surface area contributed by atoms with Crippen LogP contribution in [0.15, 0.2) is 141 Å². The van der Waals surface area contributed by atoms with Gasteiger partial charge in [0.05, 0.1) is 39.8 Å². The first kappa shape index (κ1) is 81.8. The number of aromatic hydroxyl groups is 1. The van der Waals surface area contributed by atoms with E-state index in [0.717, 1.165) is 16.3 Å². The lowest BCUT2D eigenvalue weighted by Crippen LogP contribution is -2.30. The summed E-state index contributed by atoms with van der Waals surface area (Å²) >= 11 is 6.42. The first-order valence-corrected chi connectivity index (χ1v) is 37.7. The second-order valence-corrected chi connectivity index (χ2v) is 28.9. The SMILES string of the molecule is CC(=O)Nc1cn(C)c(C(=O)Nc2cc(C(=O)Nc3cc(C(=O)NCCC(=O)Nc4cn(C)c(C(=O)Nc5cc(C(=O)NCCCC(=O)Nc6cc(C(=O)Nc7cc(C(=O)NCCC(=O)Nc8cc(C(=O)Nc9ccc%10cc(C(=O)N%11CC(CCl)c%12c%11cc(O)c%11ccccc%12%11)[nH]c%10c9)n(C)c8)n(C)c7)n(C)c6)n(C)c5)n4)n(C)c3)n(C)c2)n1. The second-order valence-electron chi connectivity index (χ2n) is 28.6. The highest BCUT2D eigenvalue weighted by atomic mass is 35.5. The number of nitrogens with zero attached hydrogens (tertiary/aromatic N) is 11. The van der Waals surface area contributed by atoms with Crippen molar-refractivity contribution in [2.45, 2.75) is 38.5 Å². The summed E-state index contributed by atoms with van der Waals surface area (Å²) in [6, 6.07) is 24.8. The number of amides is 13. The van der Waals surface area contributed by atoms with Crippen molar-refractivity contribution >= 4 is 167 Å². The van der Waals surface area contributed by atoms with Crippen LogP contribution in [0.5, 0.6) is 5.75 Å². The van der Waals surface area contributed by atoms with E-state index in [-0.39, 0.29) is 144 Å². The number of phenolic OH excluding ortho intramolecular Hbond substituents is 1. The van der Waals surface area contributed by atoms with Crippen LogP contribution in [0.3, 0.4) is 0 Å². The molecule has 0 radical (unpaired) electrons. The van der Waals surface area contributed by atoms with Gasteiger partial charge in [0.1, 0.15) is 45.6 Å². The maximum Gasteiger partial charge on any atom is 0.291 e. The van der Waals surface area contributed by atoms with Gasteiger partial charge >= 0.3 is 0 Å². The Balaban J connectivity index is 0.497. The molecule has 12 aromatic rings. The maximum absolute atomic E-state index is 14.1. The molecule has 39 heteroatoms. The van der Waals surface area contributed by atoms with E-state index in [9.17, 15) is 67.4 Å². The average Bonchev–Trinajstić information content (AvgIpc) is 1.58. The minimum atomic E-state index is -0.656. The summed E-state index contributed by atoms with van der Waals surface area (Å²) in [5.74, 6) is -5.97. The van der Waals surface area contributed by atoms with Crippen LogP contribution in [0.25, 0.3) is 21.7 Å². The van der Waals surface area contributed by atoms with Crippen LogP contribution in [0.2, 0.25) is 0 Å². The molecule has 0 aliphatic carbocycles. The number of aromatic amines is 1. The molecule has 1 unspecified atom stereocenters. The van der Waals surface area contributed by atoms with E-state index in [1.807, 2.05) is 24.3 Å². The van der Waals surface area contributed by atoms with Gasteiger partial charge in [0, 0.05) is 198 Å². The molecule has 0 bridgehead atoms. The fourth-order valence-electron chi connectivity index (χ4n) is 13.9. The Bertz CT molecular complexity index is 6130. The van der Waals surface area contributed by atoms with Gasteiger partial charge in [-0.05, 0) is 72.0 Å². The van der Waals surface area contributed by atoms with Gasteiger partial charge in [-0.1, -0.05) is 30.3 Å². The van der Waals surface area contributed by atoms with Gasteiger partial charge in [-0.15, -0.1) is 11.6 Å². The second kappa shape index (κ2) is 34.4. The van der Waals surface area contributed by atoms with E-state index >= 15 is 0 Å². The minimum absolute atomic E-state index is 0.00208. The highest BCUT2D eigenvalue weighted by Crippen LogP contribution is 2.46. The lowest BCUT2D eigenvalue weighted by molar-refractivity contribution is -0.117. The quantitative estimate of drug-likeness (QED) is 0.0160. The number of nitrogens with one attached hydrogen (secondary N) is 13. The third kappa shape index (κ3) is 18.5. The standard InChI is InChI=1S/C80H83ClN24O14/c1-42(106)85-64-40-103(8)70(95-64)78(117)92-51-30-62(102(7)39-51)77(116)90-49-28-59(98(3)37-49)74(113)84-22-19-68(110)94-65-41-104(9)71(96-65)79(118)91-50-29-57(99(4)38-50)72(111)82-20-12-15-66(108)86-46-25-61(101(6)34-46)76(115)89-48-27-58(97(2)36-48)73(112)83-21-18-67(109)87-47-26-60(100(5)35-47)75(114)88-45-17-16-43-23-55(93-54(43)24-45)80(119)105-33-44(32-81)69-53-14-11-10-13-52(53)63(107)31-56(69)105/h10-11,13-14,16-17,23-31,34-41,44,93,107H,12,15,18-22,32-33H2,1-9H3,(H,82,111)(H,83,112)(H,84,113)(H,85,106)(H,86,108)(H,87,109)(H,88,114)(H,89,115)(H,90,116)(H,91,118)(H,92,117)(H,94,110). The molecule has 0 saturated heterocycles. The van der Waals surface area contributed by atoms with Crippen LogP contribution in [-0.2, 0) is 75.6 Å². The number of halogens is 1. The fourth-order valence-corrected chi connectivity index (χ4v) is 14.2. The maximum atomic E-state index is 14.1. The number of aryl methyl sites for hydroxylation is 8.